The summed E-state index contributed by atoms with van der Waals surface area (Å²) in [5.41, 5.74) is 2.59. The number of fused-ring (bicyclic) bond motifs is 6. The van der Waals surface area contributed by atoms with E-state index in [0.717, 1.165) is 107 Å². The summed E-state index contributed by atoms with van der Waals surface area (Å²) < 4.78 is 42.3. The highest BCUT2D eigenvalue weighted by molar-refractivity contribution is 6.02. The Morgan fingerprint density at radius 3 is 2.51 bits per heavy atom. The Morgan fingerprint density at radius 1 is 0.911 bits per heavy atom. The standard InChI is InChI=1S/C60H67F2N11O6/c1-4-43-46(61)13-9-37-7-5-8-44(51(37)43)53-52(62)54-45(30-63-53)55(70-32-39-11-12-40(33-70)64-39)66-57(65-54)79-34-60-21-6-23-72(60)41(17-22-60)29-42-27-35(18-26-71(42)59(77)78)31-69-24-19-36(20-25-69)38-10-14-47-49(28-38)67(2)58(76)73(47)48-15-16-50(74)68(3)56(48)75/h1,5,7-10,13-14,28,30,35-36,39-42,48,64H,6,11-12,15-27,29,31-34H2,2-3H3,(H,77,78)/t35?,39?,40?,41-,42?,48?,60-/m0/s1. The van der Waals surface area contributed by atoms with Gasteiger partial charge in [0.1, 0.15) is 35.5 Å². The van der Waals surface area contributed by atoms with Crippen LogP contribution in [0.1, 0.15) is 107 Å². The maximum Gasteiger partial charge on any atom is 0.407 e. The van der Waals surface area contributed by atoms with E-state index < -0.39 is 23.8 Å². The maximum absolute atomic E-state index is 17.3. The van der Waals surface area contributed by atoms with Gasteiger partial charge < -0.3 is 29.9 Å². The second-order valence-electron chi connectivity index (χ2n) is 23.7. The first-order valence-electron chi connectivity index (χ1n) is 28.4. The van der Waals surface area contributed by atoms with E-state index in [9.17, 15) is 24.3 Å². The summed E-state index contributed by atoms with van der Waals surface area (Å²) in [4.78, 5) is 76.4. The van der Waals surface area contributed by atoms with Crippen molar-refractivity contribution in [2.75, 3.05) is 64.4 Å². The fourth-order valence-electron chi connectivity index (χ4n) is 15.2. The number of likely N-dealkylation sites (tertiary alicyclic amines) is 3. The number of imide groups is 1. The molecule has 0 saturated carbocycles. The van der Waals surface area contributed by atoms with Gasteiger partial charge in [0, 0.05) is 88.0 Å². The number of ether oxygens (including phenoxy) is 1. The number of imidazole rings is 1. The number of aromatic nitrogens is 5. The number of hydrogen-bond acceptors (Lipinski definition) is 12. The van der Waals surface area contributed by atoms with Gasteiger partial charge in [-0.3, -0.25) is 33.5 Å². The number of piperazine rings is 1. The van der Waals surface area contributed by atoms with E-state index >= 15 is 8.78 Å². The second kappa shape index (κ2) is 20.3. The Hall–Kier alpha value is -7.01. The number of nitrogens with one attached hydrogen (secondary N) is 1. The summed E-state index contributed by atoms with van der Waals surface area (Å²) in [6.45, 7) is 5.84. The molecule has 13 rings (SSSR count). The number of carbonyl (C=O) groups excluding carboxylic acids is 2. The minimum Gasteiger partial charge on any atom is -0.465 e. The number of terminal acetylenes is 1. The van der Waals surface area contributed by atoms with Crippen molar-refractivity contribution in [1.29, 1.82) is 0 Å². The minimum atomic E-state index is -0.868. The van der Waals surface area contributed by atoms with Gasteiger partial charge in [0.15, 0.2) is 5.82 Å². The molecule has 10 heterocycles. The molecule has 3 aromatic heterocycles. The Bertz CT molecular complexity index is 3540. The number of aryl methyl sites for hydroxylation is 1. The topological polar surface area (TPSA) is 174 Å². The van der Waals surface area contributed by atoms with Crippen LogP contribution in [0.4, 0.5) is 19.4 Å². The molecule has 3 amide bonds. The first-order valence-corrected chi connectivity index (χ1v) is 28.4. The Labute approximate surface area is 456 Å². The monoisotopic (exact) mass is 1080 g/mol. The summed E-state index contributed by atoms with van der Waals surface area (Å²) in [6, 6.07) is 14.4. The zero-order valence-electron chi connectivity index (χ0n) is 44.9. The Morgan fingerprint density at radius 2 is 1.72 bits per heavy atom. The molecule has 5 unspecified atom stereocenters. The third-order valence-electron chi connectivity index (χ3n) is 19.3. The van der Waals surface area contributed by atoms with E-state index in [1.54, 1.807) is 45.5 Å². The van der Waals surface area contributed by atoms with Crippen LogP contribution in [-0.4, -0.2) is 156 Å². The molecule has 7 atom stereocenters. The van der Waals surface area contributed by atoms with E-state index in [4.69, 9.17) is 21.1 Å². The van der Waals surface area contributed by atoms with Gasteiger partial charge in [0.05, 0.1) is 27.5 Å². The molecule has 2 N–H and O–H groups in total. The number of halogens is 2. The van der Waals surface area contributed by atoms with Crippen LogP contribution in [0.3, 0.4) is 0 Å². The van der Waals surface area contributed by atoms with Crippen molar-refractivity contribution in [2.45, 2.75) is 125 Å². The molecule has 2 bridgehead atoms. The van der Waals surface area contributed by atoms with Gasteiger partial charge in [0.2, 0.25) is 5.91 Å². The summed E-state index contributed by atoms with van der Waals surface area (Å²) in [5, 5.41) is 15.8. The third kappa shape index (κ3) is 8.98. The van der Waals surface area contributed by atoms with E-state index in [2.05, 4.69) is 43.1 Å². The van der Waals surface area contributed by atoms with Crippen molar-refractivity contribution in [1.82, 2.24) is 49.0 Å². The number of likely N-dealkylation sites (N-methyl/N-ethyl adjacent to an activating group) is 1. The molecule has 3 aromatic carbocycles. The highest BCUT2D eigenvalue weighted by Gasteiger charge is 2.51. The van der Waals surface area contributed by atoms with E-state index in [0.29, 0.717) is 77.6 Å². The summed E-state index contributed by atoms with van der Waals surface area (Å²) >= 11 is 0. The van der Waals surface area contributed by atoms with Crippen molar-refractivity contribution in [2.24, 2.45) is 13.0 Å². The molecular weight excluding hydrogens is 1010 g/mol. The Balaban J connectivity index is 0.693. The zero-order chi connectivity index (χ0) is 54.4. The number of carboxylic acid groups (broad SMARTS) is 1. The quantitative estimate of drug-likeness (QED) is 0.0970. The van der Waals surface area contributed by atoms with Crippen LogP contribution in [0.5, 0.6) is 6.01 Å². The van der Waals surface area contributed by atoms with Crippen LogP contribution in [0.25, 0.3) is 44.0 Å². The SMILES string of the molecule is C#Cc1c(F)ccc2cccc(-c3ncc4c(N5CC6CCC(C5)N6)nc(OC[C@@]56CCCN5[C@H](CC5CC(CN7CCC(c8ccc9c(c8)n(C)c(=O)n9C8CCC(=O)N(C)C8=O)CC7)CCN5C(=O)O)CC6)nc4c3F)c12. The minimum absolute atomic E-state index is 0.0130. The summed E-state index contributed by atoms with van der Waals surface area (Å²) in [5.74, 6) is 1.90. The average molecular weight is 1080 g/mol. The van der Waals surface area contributed by atoms with Gasteiger partial charge in [-0.1, -0.05) is 36.3 Å². The fourth-order valence-corrected chi connectivity index (χ4v) is 15.2. The number of pyridine rings is 1. The number of rotatable bonds is 11. The molecule has 7 fully saturated rings. The van der Waals surface area contributed by atoms with Crippen LogP contribution in [0.15, 0.2) is 59.5 Å². The summed E-state index contributed by atoms with van der Waals surface area (Å²) in [6.07, 6.45) is 17.2. The zero-order valence-corrected chi connectivity index (χ0v) is 44.9. The van der Waals surface area contributed by atoms with Gasteiger partial charge >= 0.3 is 17.8 Å². The van der Waals surface area contributed by atoms with Gasteiger partial charge in [-0.2, -0.15) is 9.97 Å². The first kappa shape index (κ1) is 51.4. The fraction of sp³-hybridized carbons (Fsp3) is 0.517. The third-order valence-corrected chi connectivity index (χ3v) is 19.3. The van der Waals surface area contributed by atoms with Gasteiger partial charge in [0.25, 0.3) is 5.91 Å². The van der Waals surface area contributed by atoms with Crippen LogP contribution in [0.2, 0.25) is 0 Å². The van der Waals surface area contributed by atoms with Gasteiger partial charge in [-0.25, -0.2) is 18.4 Å². The number of amides is 3. The average Bonchev–Trinajstić information content (AvgIpc) is 4.42. The highest BCUT2D eigenvalue weighted by atomic mass is 19.1. The molecule has 17 nitrogen and oxygen atoms in total. The van der Waals surface area contributed by atoms with Crippen LogP contribution >= 0.6 is 0 Å². The smallest absolute Gasteiger partial charge is 0.407 e. The first-order chi connectivity index (χ1) is 38.2. The normalized spacial score (nSPS) is 26.9. The predicted octanol–water partition coefficient (Wildman–Crippen LogP) is 7.42. The van der Waals surface area contributed by atoms with E-state index in [1.165, 1.54) is 18.7 Å². The highest BCUT2D eigenvalue weighted by Crippen LogP contribution is 2.46. The van der Waals surface area contributed by atoms with E-state index in [-0.39, 0.29) is 76.4 Å². The maximum atomic E-state index is 17.3. The number of hydrogen-bond donors (Lipinski definition) is 2. The van der Waals surface area contributed by atoms with Crippen molar-refractivity contribution in [3.8, 4) is 29.6 Å². The largest absolute Gasteiger partial charge is 0.465 e. The molecule has 7 saturated heterocycles. The predicted molar refractivity (Wildman–Crippen MR) is 295 cm³/mol. The van der Waals surface area contributed by atoms with Crippen molar-refractivity contribution >= 4 is 56.4 Å². The van der Waals surface area contributed by atoms with Crippen molar-refractivity contribution < 1.29 is 33.0 Å². The lowest BCUT2D eigenvalue weighted by Gasteiger charge is -2.43. The van der Waals surface area contributed by atoms with E-state index in [1.807, 2.05) is 12.1 Å². The van der Waals surface area contributed by atoms with Crippen molar-refractivity contribution in [3.63, 3.8) is 0 Å². The molecule has 412 valence electrons. The molecule has 0 radical (unpaired) electrons. The van der Waals surface area contributed by atoms with Gasteiger partial charge in [-0.05, 0) is 138 Å². The molecule has 0 spiro atoms. The molecule has 6 aromatic rings. The second-order valence-corrected chi connectivity index (χ2v) is 23.7. The number of piperidine rings is 3. The molecule has 79 heavy (non-hydrogen) atoms. The number of carbonyl (C=O) groups is 3. The number of anilines is 1. The Kier molecular flexibility index (Phi) is 13.2. The van der Waals surface area contributed by atoms with Crippen molar-refractivity contribution in [3.05, 3.63) is 88.0 Å². The lowest BCUT2D eigenvalue weighted by Crippen LogP contribution is -2.52. The van der Waals surface area contributed by atoms with Crippen LogP contribution in [0, 0.1) is 29.9 Å². The lowest BCUT2D eigenvalue weighted by molar-refractivity contribution is -0.149. The van der Waals surface area contributed by atoms with Gasteiger partial charge in [-0.15, -0.1) is 6.42 Å². The molecule has 7 aliphatic heterocycles. The van der Waals surface area contributed by atoms with Crippen LogP contribution in [-0.2, 0) is 16.6 Å². The number of benzene rings is 3. The lowest BCUT2D eigenvalue weighted by atomic mass is 9.85. The van der Waals surface area contributed by atoms with Crippen LogP contribution < -0.4 is 20.6 Å². The molecular formula is C60H67F2N11O6. The number of nitrogens with zero attached hydrogens (tertiary/aromatic N) is 10. The summed E-state index contributed by atoms with van der Waals surface area (Å²) in [7, 11) is 3.22. The molecule has 0 aliphatic carbocycles. The molecule has 19 heteroatoms. The molecule has 7 aliphatic rings.